The van der Waals surface area contributed by atoms with Crippen LogP contribution in [0.15, 0.2) is 0 Å². The van der Waals surface area contributed by atoms with Crippen molar-refractivity contribution in [2.45, 2.75) is 45.2 Å². The van der Waals surface area contributed by atoms with Crippen molar-refractivity contribution in [2.75, 3.05) is 7.05 Å². The highest BCUT2D eigenvalue weighted by atomic mass is 16.4. The second-order valence-corrected chi connectivity index (χ2v) is 3.79. The summed E-state index contributed by atoms with van der Waals surface area (Å²) in [5, 5.41) is 8.78. The summed E-state index contributed by atoms with van der Waals surface area (Å²) in [4.78, 5) is 23.8. The van der Waals surface area contributed by atoms with Crippen LogP contribution in [0.5, 0.6) is 0 Å². The molecule has 0 radical (unpaired) electrons. The lowest BCUT2D eigenvalue weighted by Gasteiger charge is -2.32. The summed E-state index contributed by atoms with van der Waals surface area (Å²) in [6.45, 7) is 5.10. The van der Waals surface area contributed by atoms with E-state index in [-0.39, 0.29) is 5.91 Å². The average Bonchev–Trinajstić information content (AvgIpc) is 2.24. The summed E-state index contributed by atoms with van der Waals surface area (Å²) >= 11 is 0. The zero-order valence-electron chi connectivity index (χ0n) is 9.78. The van der Waals surface area contributed by atoms with Gasteiger partial charge >= 0.3 is 5.97 Å². The van der Waals surface area contributed by atoms with Crippen LogP contribution >= 0.6 is 0 Å². The fourth-order valence-corrected chi connectivity index (χ4v) is 1.25. The predicted octanol–water partition coefficient (Wildman–Crippen LogP) is 0.435. The highest BCUT2D eigenvalue weighted by Gasteiger charge is 2.35. The van der Waals surface area contributed by atoms with Gasteiger partial charge in [-0.15, -0.1) is 0 Å². The third kappa shape index (κ3) is 2.92. The quantitative estimate of drug-likeness (QED) is 0.698. The molecule has 5 heteroatoms. The van der Waals surface area contributed by atoms with E-state index in [1.807, 2.05) is 13.8 Å². The Balaban J connectivity index is 4.77. The molecule has 15 heavy (non-hydrogen) atoms. The standard InChI is InChI=1S/C10H20N2O3/c1-5-10(11,6-2)9(15)12(4)7(3)8(13)14/h7H,5-6,11H2,1-4H3,(H,13,14). The number of nitrogens with zero attached hydrogens (tertiary/aromatic N) is 1. The van der Waals surface area contributed by atoms with Gasteiger partial charge in [0, 0.05) is 7.05 Å². The normalized spacial score (nSPS) is 13.4. The fourth-order valence-electron chi connectivity index (χ4n) is 1.25. The number of carboxylic acid groups (broad SMARTS) is 1. The minimum Gasteiger partial charge on any atom is -0.480 e. The van der Waals surface area contributed by atoms with Crippen LogP contribution in [0.3, 0.4) is 0 Å². The van der Waals surface area contributed by atoms with E-state index in [0.29, 0.717) is 12.8 Å². The van der Waals surface area contributed by atoms with Crippen molar-refractivity contribution in [3.63, 3.8) is 0 Å². The van der Waals surface area contributed by atoms with Gasteiger partial charge in [-0.25, -0.2) is 4.79 Å². The Labute approximate surface area is 90.2 Å². The van der Waals surface area contributed by atoms with Crippen LogP contribution in [0.4, 0.5) is 0 Å². The molecule has 0 aliphatic carbocycles. The number of likely N-dealkylation sites (N-methyl/N-ethyl adjacent to an activating group) is 1. The van der Waals surface area contributed by atoms with Gasteiger partial charge in [-0.3, -0.25) is 4.79 Å². The zero-order chi connectivity index (χ0) is 12.2. The first-order valence-corrected chi connectivity index (χ1v) is 5.09. The molecule has 3 N–H and O–H groups in total. The van der Waals surface area contributed by atoms with E-state index in [1.165, 1.54) is 18.9 Å². The molecule has 0 bridgehead atoms. The van der Waals surface area contributed by atoms with Crippen LogP contribution in [0.1, 0.15) is 33.6 Å². The maximum Gasteiger partial charge on any atom is 0.326 e. The lowest BCUT2D eigenvalue weighted by Crippen LogP contribution is -2.56. The van der Waals surface area contributed by atoms with Crippen LogP contribution in [0, 0.1) is 0 Å². The maximum atomic E-state index is 11.9. The van der Waals surface area contributed by atoms with Crippen molar-refractivity contribution in [1.29, 1.82) is 0 Å². The number of nitrogens with two attached hydrogens (primary N) is 1. The Hall–Kier alpha value is -1.10. The van der Waals surface area contributed by atoms with Crippen LogP contribution in [-0.4, -0.2) is 40.5 Å². The molecule has 0 aromatic heterocycles. The van der Waals surface area contributed by atoms with Gasteiger partial charge in [0.15, 0.2) is 0 Å². The van der Waals surface area contributed by atoms with Crippen molar-refractivity contribution in [3.8, 4) is 0 Å². The van der Waals surface area contributed by atoms with Crippen molar-refractivity contribution in [2.24, 2.45) is 5.73 Å². The topological polar surface area (TPSA) is 83.6 Å². The summed E-state index contributed by atoms with van der Waals surface area (Å²) in [6.07, 6.45) is 0.998. The molecule has 0 heterocycles. The summed E-state index contributed by atoms with van der Waals surface area (Å²) < 4.78 is 0. The molecular formula is C10H20N2O3. The molecule has 0 aromatic carbocycles. The molecule has 0 aromatic rings. The van der Waals surface area contributed by atoms with E-state index in [4.69, 9.17) is 10.8 Å². The first kappa shape index (κ1) is 13.9. The highest BCUT2D eigenvalue weighted by Crippen LogP contribution is 2.15. The van der Waals surface area contributed by atoms with E-state index in [9.17, 15) is 9.59 Å². The lowest BCUT2D eigenvalue weighted by atomic mass is 9.92. The van der Waals surface area contributed by atoms with Crippen molar-refractivity contribution < 1.29 is 14.7 Å². The molecule has 0 rings (SSSR count). The number of hydrogen-bond acceptors (Lipinski definition) is 3. The highest BCUT2D eigenvalue weighted by molar-refractivity contribution is 5.89. The third-order valence-electron chi connectivity index (χ3n) is 2.95. The molecule has 0 fully saturated rings. The van der Waals surface area contributed by atoms with E-state index >= 15 is 0 Å². The van der Waals surface area contributed by atoms with Gasteiger partial charge in [0.2, 0.25) is 5.91 Å². The van der Waals surface area contributed by atoms with Gasteiger partial charge in [-0.2, -0.15) is 0 Å². The number of hydrogen-bond donors (Lipinski definition) is 2. The van der Waals surface area contributed by atoms with Crippen LogP contribution < -0.4 is 5.73 Å². The van der Waals surface area contributed by atoms with Crippen molar-refractivity contribution in [3.05, 3.63) is 0 Å². The van der Waals surface area contributed by atoms with Gasteiger partial charge in [0.25, 0.3) is 0 Å². The Kier molecular flexibility index (Phi) is 4.74. The van der Waals surface area contributed by atoms with E-state index in [1.54, 1.807) is 0 Å². The summed E-state index contributed by atoms with van der Waals surface area (Å²) in [5.74, 6) is -1.34. The summed E-state index contributed by atoms with van der Waals surface area (Å²) in [5.41, 5.74) is 4.95. The lowest BCUT2D eigenvalue weighted by molar-refractivity contribution is -0.150. The van der Waals surface area contributed by atoms with Gasteiger partial charge < -0.3 is 15.7 Å². The molecule has 88 valence electrons. The van der Waals surface area contributed by atoms with Gasteiger partial charge in [-0.1, -0.05) is 13.8 Å². The van der Waals surface area contributed by atoms with Crippen molar-refractivity contribution in [1.82, 2.24) is 4.90 Å². The van der Waals surface area contributed by atoms with E-state index < -0.39 is 17.6 Å². The van der Waals surface area contributed by atoms with E-state index in [2.05, 4.69) is 0 Å². The number of amides is 1. The summed E-state index contributed by atoms with van der Waals surface area (Å²) in [7, 11) is 1.47. The van der Waals surface area contributed by atoms with E-state index in [0.717, 1.165) is 0 Å². The fraction of sp³-hybridized carbons (Fsp3) is 0.800. The van der Waals surface area contributed by atoms with Gasteiger partial charge in [0.05, 0.1) is 5.54 Å². The van der Waals surface area contributed by atoms with Gasteiger partial charge in [-0.05, 0) is 19.8 Å². The van der Waals surface area contributed by atoms with Crippen LogP contribution in [0.25, 0.3) is 0 Å². The zero-order valence-corrected chi connectivity index (χ0v) is 9.78. The second-order valence-electron chi connectivity index (χ2n) is 3.79. The Bertz CT molecular complexity index is 249. The van der Waals surface area contributed by atoms with Crippen LogP contribution in [-0.2, 0) is 9.59 Å². The SMILES string of the molecule is CCC(N)(CC)C(=O)N(C)C(C)C(=O)O. The number of rotatable bonds is 5. The average molecular weight is 216 g/mol. The monoisotopic (exact) mass is 216 g/mol. The summed E-state index contributed by atoms with van der Waals surface area (Å²) in [6, 6.07) is -0.849. The molecule has 1 unspecified atom stereocenters. The first-order valence-electron chi connectivity index (χ1n) is 5.09. The predicted molar refractivity (Wildman–Crippen MR) is 57.4 cm³/mol. The maximum absolute atomic E-state index is 11.9. The van der Waals surface area contributed by atoms with Crippen molar-refractivity contribution >= 4 is 11.9 Å². The smallest absolute Gasteiger partial charge is 0.326 e. The van der Waals surface area contributed by atoms with Crippen LogP contribution in [0.2, 0.25) is 0 Å². The molecular weight excluding hydrogens is 196 g/mol. The molecule has 0 aliphatic rings. The number of carbonyl (C=O) groups is 2. The first-order chi connectivity index (χ1) is 6.80. The largest absolute Gasteiger partial charge is 0.480 e. The number of carbonyl (C=O) groups excluding carboxylic acids is 1. The molecule has 1 amide bonds. The number of carboxylic acids is 1. The molecule has 0 saturated heterocycles. The molecule has 0 saturated carbocycles. The Morgan fingerprint density at radius 3 is 2.07 bits per heavy atom. The molecule has 1 atom stereocenters. The Morgan fingerprint density at radius 1 is 1.40 bits per heavy atom. The third-order valence-corrected chi connectivity index (χ3v) is 2.95. The Morgan fingerprint density at radius 2 is 1.80 bits per heavy atom. The molecule has 5 nitrogen and oxygen atoms in total. The molecule has 0 spiro atoms. The van der Waals surface area contributed by atoms with Gasteiger partial charge in [0.1, 0.15) is 6.04 Å². The minimum absolute atomic E-state index is 0.317. The number of aliphatic carboxylic acids is 1. The minimum atomic E-state index is -1.03. The molecule has 0 aliphatic heterocycles. The second kappa shape index (κ2) is 5.11.